The number of nitrogens with one attached hydrogen (secondary N) is 1. The lowest BCUT2D eigenvalue weighted by Gasteiger charge is -1.94. The molecule has 0 fully saturated rings. The van der Waals surface area contributed by atoms with Crippen molar-refractivity contribution in [3.63, 3.8) is 0 Å². The predicted molar refractivity (Wildman–Crippen MR) is 77.4 cm³/mol. The zero-order chi connectivity index (χ0) is 14.0. The molecular formula is C16H13N3O. The Morgan fingerprint density at radius 1 is 1.25 bits per heavy atom. The first-order valence-corrected chi connectivity index (χ1v) is 6.10. The Morgan fingerprint density at radius 3 is 2.85 bits per heavy atom. The molecule has 1 aromatic heterocycles. The molecule has 0 atom stereocenters. The van der Waals surface area contributed by atoms with E-state index in [1.165, 1.54) is 6.08 Å². The highest BCUT2D eigenvalue weighted by atomic mass is 16.1. The maximum atomic E-state index is 11.5. The summed E-state index contributed by atoms with van der Waals surface area (Å²) in [4.78, 5) is 19.4. The molecule has 0 radical (unpaired) electrons. The first-order valence-electron chi connectivity index (χ1n) is 6.10. The minimum absolute atomic E-state index is 0.210. The molecule has 0 aliphatic carbocycles. The number of nitrogens with zero attached hydrogens (tertiary/aromatic N) is 2. The van der Waals surface area contributed by atoms with Gasteiger partial charge in [0.25, 0.3) is 0 Å². The molecule has 0 aliphatic rings. The highest BCUT2D eigenvalue weighted by Crippen LogP contribution is 1.94. The zero-order valence-corrected chi connectivity index (χ0v) is 10.8. The average Bonchev–Trinajstić information content (AvgIpc) is 2.52. The van der Waals surface area contributed by atoms with E-state index in [-0.39, 0.29) is 5.91 Å². The molecule has 2 rings (SSSR count). The lowest BCUT2D eigenvalue weighted by molar-refractivity contribution is -0.116. The molecule has 1 heterocycles. The summed E-state index contributed by atoms with van der Waals surface area (Å²) in [5.41, 5.74) is 1.56. The Balaban J connectivity index is 1.79. The van der Waals surface area contributed by atoms with Crippen LogP contribution >= 0.6 is 0 Å². The van der Waals surface area contributed by atoms with Gasteiger partial charge in [0.05, 0.1) is 18.4 Å². The van der Waals surface area contributed by atoms with Crippen LogP contribution in [-0.4, -0.2) is 22.4 Å². The smallest absolute Gasteiger partial charge is 0.244 e. The molecule has 0 bridgehead atoms. The van der Waals surface area contributed by atoms with Crippen molar-refractivity contribution in [3.8, 4) is 11.8 Å². The monoisotopic (exact) mass is 263 g/mol. The van der Waals surface area contributed by atoms with Crippen molar-refractivity contribution in [3.05, 3.63) is 66.3 Å². The lowest BCUT2D eigenvalue weighted by Crippen LogP contribution is -2.20. The highest BCUT2D eigenvalue weighted by Gasteiger charge is 1.92. The van der Waals surface area contributed by atoms with Crippen LogP contribution in [0.1, 0.15) is 11.3 Å². The Morgan fingerprint density at radius 2 is 2.10 bits per heavy atom. The van der Waals surface area contributed by atoms with Gasteiger partial charge in [-0.15, -0.1) is 0 Å². The van der Waals surface area contributed by atoms with E-state index in [0.29, 0.717) is 12.2 Å². The number of hydrogen-bond acceptors (Lipinski definition) is 3. The second-order valence-corrected chi connectivity index (χ2v) is 3.85. The summed E-state index contributed by atoms with van der Waals surface area (Å²) in [7, 11) is 0. The molecule has 0 aliphatic heterocycles. The fourth-order valence-corrected chi connectivity index (χ4v) is 1.42. The molecule has 4 nitrogen and oxygen atoms in total. The molecule has 4 heteroatoms. The Hall–Kier alpha value is -2.93. The fourth-order valence-electron chi connectivity index (χ4n) is 1.42. The highest BCUT2D eigenvalue weighted by molar-refractivity contribution is 5.91. The van der Waals surface area contributed by atoms with Crippen molar-refractivity contribution in [2.75, 3.05) is 6.54 Å². The van der Waals surface area contributed by atoms with Gasteiger partial charge in [-0.2, -0.15) is 0 Å². The molecule has 20 heavy (non-hydrogen) atoms. The SMILES string of the molecule is O=C(/C=C\c1cnccn1)NCC#Cc1ccccc1. The molecule has 0 unspecified atom stereocenters. The first-order chi connectivity index (χ1) is 9.84. The molecule has 0 spiro atoms. The van der Waals surface area contributed by atoms with Crippen molar-refractivity contribution < 1.29 is 4.79 Å². The second kappa shape index (κ2) is 7.49. The minimum atomic E-state index is -0.210. The van der Waals surface area contributed by atoms with Crippen LogP contribution in [0.3, 0.4) is 0 Å². The quantitative estimate of drug-likeness (QED) is 0.677. The van der Waals surface area contributed by atoms with Gasteiger partial charge in [-0.1, -0.05) is 30.0 Å². The van der Waals surface area contributed by atoms with Gasteiger partial charge in [0.15, 0.2) is 0 Å². The van der Waals surface area contributed by atoms with Crippen molar-refractivity contribution in [1.82, 2.24) is 15.3 Å². The van der Waals surface area contributed by atoms with Crippen LogP contribution in [0, 0.1) is 11.8 Å². The molecule has 1 aromatic carbocycles. The van der Waals surface area contributed by atoms with E-state index in [2.05, 4.69) is 27.1 Å². The number of carbonyl (C=O) groups excluding carboxylic acids is 1. The fraction of sp³-hybridized carbons (Fsp3) is 0.0625. The molecule has 0 saturated carbocycles. The number of rotatable bonds is 3. The van der Waals surface area contributed by atoms with Crippen LogP contribution in [0.2, 0.25) is 0 Å². The summed E-state index contributed by atoms with van der Waals surface area (Å²) in [5, 5.41) is 2.68. The summed E-state index contributed by atoms with van der Waals surface area (Å²) >= 11 is 0. The third kappa shape index (κ3) is 4.75. The largest absolute Gasteiger partial charge is 0.342 e. The van der Waals surface area contributed by atoms with Crippen molar-refractivity contribution >= 4 is 12.0 Å². The topological polar surface area (TPSA) is 54.9 Å². The van der Waals surface area contributed by atoms with Crippen LogP contribution in [0.15, 0.2) is 55.0 Å². The number of aromatic nitrogens is 2. The maximum absolute atomic E-state index is 11.5. The first kappa shape index (κ1) is 13.5. The standard InChI is InChI=1S/C16H13N3O/c20-16(9-8-15-13-17-11-12-18-15)19-10-4-7-14-5-2-1-3-6-14/h1-3,5-6,8-9,11-13H,10H2,(H,19,20)/b9-8-. The van der Waals surface area contributed by atoms with Crippen LogP contribution in [0.5, 0.6) is 0 Å². The van der Waals surface area contributed by atoms with Crippen LogP contribution in [0.25, 0.3) is 6.08 Å². The predicted octanol–water partition coefficient (Wildman–Crippen LogP) is 1.66. The van der Waals surface area contributed by atoms with Gasteiger partial charge >= 0.3 is 0 Å². The summed E-state index contributed by atoms with van der Waals surface area (Å²) in [6.07, 6.45) is 7.75. The van der Waals surface area contributed by atoms with E-state index in [9.17, 15) is 4.79 Å². The summed E-state index contributed by atoms with van der Waals surface area (Å²) in [6.45, 7) is 0.304. The second-order valence-electron chi connectivity index (χ2n) is 3.85. The lowest BCUT2D eigenvalue weighted by atomic mass is 10.2. The van der Waals surface area contributed by atoms with Crippen LogP contribution in [-0.2, 0) is 4.79 Å². The van der Waals surface area contributed by atoms with Gasteiger partial charge < -0.3 is 5.32 Å². The molecule has 0 saturated heterocycles. The third-order valence-corrected chi connectivity index (χ3v) is 2.35. The maximum Gasteiger partial charge on any atom is 0.244 e. The Bertz CT molecular complexity index is 640. The normalized spacial score (nSPS) is 9.80. The van der Waals surface area contributed by atoms with Gasteiger partial charge in [-0.3, -0.25) is 14.8 Å². The molecule has 2 aromatic rings. The van der Waals surface area contributed by atoms with Gasteiger partial charge in [0, 0.05) is 24.0 Å². The van der Waals surface area contributed by atoms with Crippen molar-refractivity contribution in [2.45, 2.75) is 0 Å². The van der Waals surface area contributed by atoms with Gasteiger partial charge in [0.2, 0.25) is 5.91 Å². The van der Waals surface area contributed by atoms with E-state index in [0.717, 1.165) is 5.56 Å². The third-order valence-electron chi connectivity index (χ3n) is 2.35. The average molecular weight is 263 g/mol. The van der Waals surface area contributed by atoms with E-state index < -0.39 is 0 Å². The minimum Gasteiger partial charge on any atom is -0.342 e. The van der Waals surface area contributed by atoms with Crippen molar-refractivity contribution in [2.24, 2.45) is 0 Å². The number of benzene rings is 1. The molecule has 98 valence electrons. The molecule has 1 amide bonds. The van der Waals surface area contributed by atoms with Gasteiger partial charge in [-0.05, 0) is 18.2 Å². The zero-order valence-electron chi connectivity index (χ0n) is 10.8. The van der Waals surface area contributed by atoms with E-state index >= 15 is 0 Å². The van der Waals surface area contributed by atoms with Gasteiger partial charge in [-0.25, -0.2) is 0 Å². The van der Waals surface area contributed by atoms with E-state index in [4.69, 9.17) is 0 Å². The van der Waals surface area contributed by atoms with Crippen LogP contribution in [0.4, 0.5) is 0 Å². The number of amides is 1. The van der Waals surface area contributed by atoms with Crippen LogP contribution < -0.4 is 5.32 Å². The summed E-state index contributed by atoms with van der Waals surface area (Å²) in [5.74, 6) is 5.64. The Kier molecular flexibility index (Phi) is 5.06. The van der Waals surface area contributed by atoms with Gasteiger partial charge in [0.1, 0.15) is 0 Å². The number of carbonyl (C=O) groups is 1. The molecule has 1 N–H and O–H groups in total. The summed E-state index contributed by atoms with van der Waals surface area (Å²) < 4.78 is 0. The number of hydrogen-bond donors (Lipinski definition) is 1. The van der Waals surface area contributed by atoms with E-state index in [1.807, 2.05) is 30.3 Å². The van der Waals surface area contributed by atoms with Crippen molar-refractivity contribution in [1.29, 1.82) is 0 Å². The molecular weight excluding hydrogens is 250 g/mol. The Labute approximate surface area is 117 Å². The summed E-state index contributed by atoms with van der Waals surface area (Å²) in [6, 6.07) is 9.62. The van der Waals surface area contributed by atoms with E-state index in [1.54, 1.807) is 24.7 Å².